The molecule has 1 atom stereocenters. The smallest absolute Gasteiger partial charge is 0.123 e. The summed E-state index contributed by atoms with van der Waals surface area (Å²) in [6.45, 7) is 2.38. The molecule has 1 unspecified atom stereocenters. The molecule has 88 valence electrons. The molecular formula is C13H19NO2. The first-order valence-corrected chi connectivity index (χ1v) is 5.87. The Balaban J connectivity index is 1.91. The maximum absolute atomic E-state index is 5.81. The summed E-state index contributed by atoms with van der Waals surface area (Å²) in [5, 5.41) is 3.14. The number of nitrogens with one attached hydrogen (secondary N) is 1. The Kier molecular flexibility index (Phi) is 4.19. The summed E-state index contributed by atoms with van der Waals surface area (Å²) in [4.78, 5) is 0. The fourth-order valence-electron chi connectivity index (χ4n) is 1.94. The Hall–Kier alpha value is -1.06. The maximum atomic E-state index is 5.81. The van der Waals surface area contributed by atoms with Crippen LogP contribution in [-0.2, 0) is 11.3 Å². The van der Waals surface area contributed by atoms with E-state index in [1.54, 1.807) is 0 Å². The third-order valence-electron chi connectivity index (χ3n) is 2.79. The molecule has 0 saturated carbocycles. The van der Waals surface area contributed by atoms with Crippen LogP contribution in [0.15, 0.2) is 24.3 Å². The van der Waals surface area contributed by atoms with Crippen LogP contribution in [0.3, 0.4) is 0 Å². The van der Waals surface area contributed by atoms with Crippen molar-refractivity contribution in [1.29, 1.82) is 0 Å². The van der Waals surface area contributed by atoms with Gasteiger partial charge >= 0.3 is 0 Å². The first-order chi connectivity index (χ1) is 7.90. The highest BCUT2D eigenvalue weighted by molar-refractivity contribution is 5.33. The van der Waals surface area contributed by atoms with E-state index in [2.05, 4.69) is 11.4 Å². The van der Waals surface area contributed by atoms with Crippen LogP contribution in [0, 0.1) is 0 Å². The number of hydrogen-bond donors (Lipinski definition) is 1. The SMILES string of the molecule is CNCc1ccccc1OCC1CCCO1. The molecule has 1 N–H and O–H groups in total. The lowest BCUT2D eigenvalue weighted by Gasteiger charge is -2.14. The van der Waals surface area contributed by atoms with Crippen molar-refractivity contribution in [1.82, 2.24) is 5.32 Å². The van der Waals surface area contributed by atoms with Gasteiger partial charge in [0.05, 0.1) is 6.10 Å². The summed E-state index contributed by atoms with van der Waals surface area (Å²) >= 11 is 0. The van der Waals surface area contributed by atoms with E-state index < -0.39 is 0 Å². The molecule has 2 rings (SSSR count). The van der Waals surface area contributed by atoms with Crippen molar-refractivity contribution >= 4 is 0 Å². The van der Waals surface area contributed by atoms with Crippen LogP contribution in [0.2, 0.25) is 0 Å². The Morgan fingerprint density at radius 2 is 2.31 bits per heavy atom. The van der Waals surface area contributed by atoms with E-state index in [-0.39, 0.29) is 6.10 Å². The molecule has 16 heavy (non-hydrogen) atoms. The zero-order chi connectivity index (χ0) is 11.2. The van der Waals surface area contributed by atoms with Gasteiger partial charge in [-0.2, -0.15) is 0 Å². The molecule has 1 fully saturated rings. The van der Waals surface area contributed by atoms with Gasteiger partial charge in [-0.15, -0.1) is 0 Å². The van der Waals surface area contributed by atoms with Crippen molar-refractivity contribution in [2.24, 2.45) is 0 Å². The van der Waals surface area contributed by atoms with Gasteiger partial charge in [0.15, 0.2) is 0 Å². The average molecular weight is 221 g/mol. The van der Waals surface area contributed by atoms with Crippen LogP contribution in [0.5, 0.6) is 5.75 Å². The summed E-state index contributed by atoms with van der Waals surface area (Å²) in [6.07, 6.45) is 2.56. The monoisotopic (exact) mass is 221 g/mol. The third kappa shape index (κ3) is 2.97. The van der Waals surface area contributed by atoms with Crippen LogP contribution in [-0.4, -0.2) is 26.4 Å². The molecule has 3 heteroatoms. The lowest BCUT2D eigenvalue weighted by molar-refractivity contribution is 0.0676. The standard InChI is InChI=1S/C13H19NO2/c1-14-9-11-5-2-3-7-13(11)16-10-12-6-4-8-15-12/h2-3,5,7,12,14H,4,6,8-10H2,1H3. The Morgan fingerprint density at radius 3 is 3.06 bits per heavy atom. The highest BCUT2D eigenvalue weighted by Crippen LogP contribution is 2.20. The molecule has 0 radical (unpaired) electrons. The van der Waals surface area contributed by atoms with Crippen molar-refractivity contribution < 1.29 is 9.47 Å². The molecule has 1 aromatic carbocycles. The minimum atomic E-state index is 0.280. The third-order valence-corrected chi connectivity index (χ3v) is 2.79. The number of hydrogen-bond acceptors (Lipinski definition) is 3. The second kappa shape index (κ2) is 5.87. The molecular weight excluding hydrogens is 202 g/mol. The van der Waals surface area contributed by atoms with E-state index in [0.717, 1.165) is 31.7 Å². The molecule has 0 spiro atoms. The van der Waals surface area contributed by atoms with Crippen LogP contribution in [0.1, 0.15) is 18.4 Å². The zero-order valence-electron chi connectivity index (χ0n) is 9.74. The minimum Gasteiger partial charge on any atom is -0.491 e. The van der Waals surface area contributed by atoms with Crippen molar-refractivity contribution in [3.05, 3.63) is 29.8 Å². The molecule has 1 aromatic rings. The Bertz CT molecular complexity index is 321. The van der Waals surface area contributed by atoms with E-state index in [1.165, 1.54) is 5.56 Å². The van der Waals surface area contributed by atoms with Crippen LogP contribution in [0.4, 0.5) is 0 Å². The number of benzene rings is 1. The molecule has 0 bridgehead atoms. The fraction of sp³-hybridized carbons (Fsp3) is 0.538. The molecule has 3 nitrogen and oxygen atoms in total. The summed E-state index contributed by atoms with van der Waals surface area (Å²) in [6, 6.07) is 8.14. The van der Waals surface area contributed by atoms with Gasteiger partial charge in [0.25, 0.3) is 0 Å². The Morgan fingerprint density at radius 1 is 1.44 bits per heavy atom. The van der Waals surface area contributed by atoms with E-state index in [9.17, 15) is 0 Å². The van der Waals surface area contributed by atoms with Gasteiger partial charge in [-0.3, -0.25) is 0 Å². The van der Waals surface area contributed by atoms with Gasteiger partial charge in [0, 0.05) is 18.7 Å². The predicted octanol–water partition coefficient (Wildman–Crippen LogP) is 1.96. The molecule has 1 aliphatic heterocycles. The van der Waals surface area contributed by atoms with Gasteiger partial charge in [0.2, 0.25) is 0 Å². The topological polar surface area (TPSA) is 30.5 Å². The zero-order valence-corrected chi connectivity index (χ0v) is 9.74. The Labute approximate surface area is 96.8 Å². The average Bonchev–Trinajstić information content (AvgIpc) is 2.81. The molecule has 0 amide bonds. The highest BCUT2D eigenvalue weighted by Gasteiger charge is 2.16. The number of ether oxygens (including phenoxy) is 2. The van der Waals surface area contributed by atoms with Crippen molar-refractivity contribution in [3.63, 3.8) is 0 Å². The first-order valence-electron chi connectivity index (χ1n) is 5.87. The number of rotatable bonds is 5. The van der Waals surface area contributed by atoms with Crippen LogP contribution < -0.4 is 10.1 Å². The molecule has 0 aliphatic carbocycles. The van der Waals surface area contributed by atoms with Gasteiger partial charge in [-0.25, -0.2) is 0 Å². The van der Waals surface area contributed by atoms with Gasteiger partial charge in [-0.1, -0.05) is 18.2 Å². The fourth-order valence-corrected chi connectivity index (χ4v) is 1.94. The van der Waals surface area contributed by atoms with Crippen molar-refractivity contribution in [2.45, 2.75) is 25.5 Å². The largest absolute Gasteiger partial charge is 0.491 e. The maximum Gasteiger partial charge on any atom is 0.123 e. The summed E-state index contributed by atoms with van der Waals surface area (Å²) < 4.78 is 11.3. The lowest BCUT2D eigenvalue weighted by Crippen LogP contribution is -2.17. The highest BCUT2D eigenvalue weighted by atomic mass is 16.5. The summed E-state index contributed by atoms with van der Waals surface area (Å²) in [5.74, 6) is 0.965. The van der Waals surface area contributed by atoms with Crippen molar-refractivity contribution in [3.8, 4) is 5.75 Å². The van der Waals surface area contributed by atoms with E-state index in [4.69, 9.17) is 9.47 Å². The van der Waals surface area contributed by atoms with Crippen LogP contribution >= 0.6 is 0 Å². The molecule has 1 aliphatic rings. The second-order valence-corrected chi connectivity index (χ2v) is 4.08. The summed E-state index contributed by atoms with van der Waals surface area (Å²) in [5.41, 5.74) is 1.20. The number of para-hydroxylation sites is 1. The van der Waals surface area contributed by atoms with Gasteiger partial charge < -0.3 is 14.8 Å². The van der Waals surface area contributed by atoms with E-state index >= 15 is 0 Å². The van der Waals surface area contributed by atoms with E-state index in [1.807, 2.05) is 25.2 Å². The van der Waals surface area contributed by atoms with Gasteiger partial charge in [0.1, 0.15) is 12.4 Å². The minimum absolute atomic E-state index is 0.280. The van der Waals surface area contributed by atoms with Gasteiger partial charge in [-0.05, 0) is 26.0 Å². The van der Waals surface area contributed by atoms with Crippen LogP contribution in [0.25, 0.3) is 0 Å². The quantitative estimate of drug-likeness (QED) is 0.824. The normalized spacial score (nSPS) is 19.9. The first kappa shape index (κ1) is 11.4. The van der Waals surface area contributed by atoms with Crippen molar-refractivity contribution in [2.75, 3.05) is 20.3 Å². The molecule has 0 aromatic heterocycles. The predicted molar refractivity (Wildman–Crippen MR) is 63.7 cm³/mol. The van der Waals surface area contributed by atoms with E-state index in [0.29, 0.717) is 6.61 Å². The molecule has 1 saturated heterocycles. The molecule has 1 heterocycles. The second-order valence-electron chi connectivity index (χ2n) is 4.08. The summed E-state index contributed by atoms with van der Waals surface area (Å²) in [7, 11) is 1.94. The lowest BCUT2D eigenvalue weighted by atomic mass is 10.2.